The molecule has 0 unspecified atom stereocenters. The van der Waals surface area contributed by atoms with E-state index in [0.717, 1.165) is 5.56 Å². The maximum Gasteiger partial charge on any atom is 0.191 e. The van der Waals surface area contributed by atoms with Gasteiger partial charge in [-0.05, 0) is 17.7 Å². The van der Waals surface area contributed by atoms with E-state index >= 15 is 0 Å². The first kappa shape index (κ1) is 21.5. The summed E-state index contributed by atoms with van der Waals surface area (Å²) in [6.45, 7) is 3.03. The second kappa shape index (κ2) is 10.6. The fraction of sp³-hybridized carbons (Fsp3) is 0.412. The highest BCUT2D eigenvalue weighted by Gasteiger charge is 2.16. The number of anilines is 2. The average molecular weight is 438 g/mol. The number of benzene rings is 1. The van der Waals surface area contributed by atoms with Crippen molar-refractivity contribution in [3.05, 3.63) is 28.8 Å². The SMILES string of the molecule is NCCNc1nc(SCCOCCN)nc2c1nnn2Cc1ccc(N)cc1Cl. The van der Waals surface area contributed by atoms with Gasteiger partial charge in [-0.2, -0.15) is 0 Å². The molecule has 0 aliphatic rings. The van der Waals surface area contributed by atoms with Gasteiger partial charge in [-0.3, -0.25) is 0 Å². The quantitative estimate of drug-likeness (QED) is 0.147. The summed E-state index contributed by atoms with van der Waals surface area (Å²) in [5.74, 6) is 1.30. The van der Waals surface area contributed by atoms with Crippen LogP contribution < -0.4 is 22.5 Å². The molecule has 2 aromatic heterocycles. The van der Waals surface area contributed by atoms with Crippen molar-refractivity contribution < 1.29 is 4.74 Å². The highest BCUT2D eigenvalue weighted by Crippen LogP contribution is 2.25. The van der Waals surface area contributed by atoms with Crippen LogP contribution in [0.4, 0.5) is 11.5 Å². The third-order valence-electron chi connectivity index (χ3n) is 3.90. The molecule has 0 saturated carbocycles. The molecule has 156 valence electrons. The van der Waals surface area contributed by atoms with Crippen LogP contribution in [-0.2, 0) is 11.3 Å². The Morgan fingerprint density at radius 3 is 2.79 bits per heavy atom. The Hall–Kier alpha value is -2.18. The van der Waals surface area contributed by atoms with Gasteiger partial charge < -0.3 is 27.3 Å². The van der Waals surface area contributed by atoms with Crippen molar-refractivity contribution in [2.75, 3.05) is 49.7 Å². The van der Waals surface area contributed by atoms with Gasteiger partial charge in [0.05, 0.1) is 19.8 Å². The molecule has 1 aromatic carbocycles. The Morgan fingerprint density at radius 1 is 1.17 bits per heavy atom. The monoisotopic (exact) mass is 437 g/mol. The first-order valence-electron chi connectivity index (χ1n) is 9.12. The Morgan fingerprint density at radius 2 is 2.03 bits per heavy atom. The van der Waals surface area contributed by atoms with Crippen molar-refractivity contribution in [1.82, 2.24) is 25.0 Å². The van der Waals surface area contributed by atoms with Crippen LogP contribution in [0.25, 0.3) is 11.2 Å². The number of nitrogens with two attached hydrogens (primary N) is 3. The molecule has 0 fully saturated rings. The fourth-order valence-electron chi connectivity index (χ4n) is 2.55. The molecule has 0 radical (unpaired) electrons. The normalized spacial score (nSPS) is 11.3. The minimum atomic E-state index is 0.409. The van der Waals surface area contributed by atoms with Crippen molar-refractivity contribution in [2.24, 2.45) is 11.5 Å². The van der Waals surface area contributed by atoms with Crippen LogP contribution in [0.15, 0.2) is 23.4 Å². The number of rotatable bonds is 11. The standard InChI is InChI=1S/C17H24ClN9OS/c18-13-9-12(21)2-1-11(13)10-27-16-14(25-26-27)15(22-5-3-19)23-17(24-16)29-8-7-28-6-4-20/h1-2,9H,3-8,10,19-21H2,(H,22,23,24). The minimum Gasteiger partial charge on any atom is -0.399 e. The lowest BCUT2D eigenvalue weighted by atomic mass is 10.2. The van der Waals surface area contributed by atoms with E-state index in [2.05, 4.69) is 25.6 Å². The van der Waals surface area contributed by atoms with Gasteiger partial charge in [0, 0.05) is 36.1 Å². The van der Waals surface area contributed by atoms with Gasteiger partial charge >= 0.3 is 0 Å². The lowest BCUT2D eigenvalue weighted by Gasteiger charge is -2.09. The molecule has 0 bridgehead atoms. The van der Waals surface area contributed by atoms with Crippen molar-refractivity contribution in [1.29, 1.82) is 0 Å². The Labute approximate surface area is 177 Å². The fourth-order valence-corrected chi connectivity index (χ4v) is 3.49. The van der Waals surface area contributed by atoms with E-state index in [-0.39, 0.29) is 0 Å². The largest absolute Gasteiger partial charge is 0.399 e. The van der Waals surface area contributed by atoms with Crippen LogP contribution in [0.2, 0.25) is 5.02 Å². The van der Waals surface area contributed by atoms with Gasteiger partial charge in [0.15, 0.2) is 22.1 Å². The molecular weight excluding hydrogens is 414 g/mol. The summed E-state index contributed by atoms with van der Waals surface area (Å²) in [5.41, 5.74) is 19.5. The van der Waals surface area contributed by atoms with Crippen molar-refractivity contribution in [3.63, 3.8) is 0 Å². The molecule has 29 heavy (non-hydrogen) atoms. The molecule has 7 N–H and O–H groups in total. The maximum atomic E-state index is 6.31. The summed E-state index contributed by atoms with van der Waals surface area (Å²) in [5, 5.41) is 12.8. The summed E-state index contributed by atoms with van der Waals surface area (Å²) in [4.78, 5) is 9.19. The molecule has 0 spiro atoms. The smallest absolute Gasteiger partial charge is 0.191 e. The second-order valence-corrected chi connectivity index (χ2v) is 7.56. The van der Waals surface area contributed by atoms with E-state index < -0.39 is 0 Å². The van der Waals surface area contributed by atoms with Gasteiger partial charge in [0.25, 0.3) is 0 Å². The van der Waals surface area contributed by atoms with Gasteiger partial charge in [-0.25, -0.2) is 14.6 Å². The molecule has 0 aliphatic carbocycles. The molecule has 2 heterocycles. The van der Waals surface area contributed by atoms with Gasteiger partial charge in [0.2, 0.25) is 0 Å². The number of halogens is 1. The topological polar surface area (TPSA) is 156 Å². The highest BCUT2D eigenvalue weighted by atomic mass is 35.5. The third kappa shape index (κ3) is 5.67. The molecule has 12 heteroatoms. The molecule has 0 aliphatic heterocycles. The van der Waals surface area contributed by atoms with Crippen LogP contribution in [0.1, 0.15) is 5.56 Å². The molecule has 3 rings (SSSR count). The summed E-state index contributed by atoms with van der Waals surface area (Å²) in [6, 6.07) is 5.37. The highest BCUT2D eigenvalue weighted by molar-refractivity contribution is 7.99. The lowest BCUT2D eigenvalue weighted by molar-refractivity contribution is 0.158. The first-order chi connectivity index (χ1) is 14.1. The predicted molar refractivity (Wildman–Crippen MR) is 116 cm³/mol. The number of fused-ring (bicyclic) bond motifs is 1. The number of thioether (sulfide) groups is 1. The van der Waals surface area contributed by atoms with Crippen LogP contribution in [0.5, 0.6) is 0 Å². The zero-order chi connectivity index (χ0) is 20.6. The van der Waals surface area contributed by atoms with E-state index in [9.17, 15) is 0 Å². The van der Waals surface area contributed by atoms with E-state index in [1.807, 2.05) is 6.07 Å². The Kier molecular flexibility index (Phi) is 7.83. The van der Waals surface area contributed by atoms with Crippen molar-refractivity contribution in [3.8, 4) is 0 Å². The minimum absolute atomic E-state index is 0.409. The van der Waals surface area contributed by atoms with E-state index in [0.29, 0.717) is 78.0 Å². The van der Waals surface area contributed by atoms with Crippen LogP contribution in [0, 0.1) is 0 Å². The average Bonchev–Trinajstić information content (AvgIpc) is 3.11. The third-order valence-corrected chi connectivity index (χ3v) is 5.06. The maximum absolute atomic E-state index is 6.31. The van der Waals surface area contributed by atoms with Crippen LogP contribution >= 0.6 is 23.4 Å². The van der Waals surface area contributed by atoms with E-state index in [1.54, 1.807) is 16.8 Å². The number of nitrogens with zero attached hydrogens (tertiary/aromatic N) is 5. The van der Waals surface area contributed by atoms with Crippen molar-refractivity contribution in [2.45, 2.75) is 11.7 Å². The number of nitrogen functional groups attached to an aromatic ring is 1. The van der Waals surface area contributed by atoms with Gasteiger partial charge in [0.1, 0.15) is 0 Å². The summed E-state index contributed by atoms with van der Waals surface area (Å²) in [7, 11) is 0. The number of hydrogen-bond donors (Lipinski definition) is 4. The first-order valence-corrected chi connectivity index (χ1v) is 10.5. The lowest BCUT2D eigenvalue weighted by Crippen LogP contribution is -2.15. The van der Waals surface area contributed by atoms with Gasteiger partial charge in [-0.1, -0.05) is 34.6 Å². The molecule has 10 nitrogen and oxygen atoms in total. The van der Waals surface area contributed by atoms with Gasteiger partial charge in [-0.15, -0.1) is 5.10 Å². The van der Waals surface area contributed by atoms with Crippen molar-refractivity contribution >= 4 is 46.0 Å². The molecule has 0 atom stereocenters. The molecule has 0 saturated heterocycles. The molecule has 3 aromatic rings. The summed E-state index contributed by atoms with van der Waals surface area (Å²) < 4.78 is 7.10. The summed E-state index contributed by atoms with van der Waals surface area (Å²) >= 11 is 7.80. The van der Waals surface area contributed by atoms with E-state index in [1.165, 1.54) is 11.8 Å². The zero-order valence-corrected chi connectivity index (χ0v) is 17.4. The Balaban J connectivity index is 1.87. The second-order valence-electron chi connectivity index (χ2n) is 6.09. The molecule has 0 amide bonds. The van der Waals surface area contributed by atoms with Crippen LogP contribution in [-0.4, -0.2) is 63.6 Å². The summed E-state index contributed by atoms with van der Waals surface area (Å²) in [6.07, 6.45) is 0. The number of ether oxygens (including phenoxy) is 1. The van der Waals surface area contributed by atoms with Crippen LogP contribution in [0.3, 0.4) is 0 Å². The number of nitrogens with one attached hydrogen (secondary N) is 1. The number of hydrogen-bond acceptors (Lipinski definition) is 10. The number of aromatic nitrogens is 5. The van der Waals surface area contributed by atoms with E-state index in [4.69, 9.17) is 33.5 Å². The molecular formula is C17H24ClN9OS. The zero-order valence-electron chi connectivity index (χ0n) is 15.8. The Bertz CT molecular complexity index is 952. The predicted octanol–water partition coefficient (Wildman–Crippen LogP) is 0.943.